The zero-order chi connectivity index (χ0) is 29.9. The van der Waals surface area contributed by atoms with Crippen LogP contribution in [0.5, 0.6) is 6.01 Å². The predicted octanol–water partition coefficient (Wildman–Crippen LogP) is 5.36. The summed E-state index contributed by atoms with van der Waals surface area (Å²) in [5.41, 5.74) is 1.44. The molecule has 4 saturated heterocycles. The predicted molar refractivity (Wildman–Crippen MR) is 165 cm³/mol. The molecule has 1 amide bonds. The highest BCUT2D eigenvalue weighted by atomic mass is 19.1. The maximum absolute atomic E-state index is 16.8. The summed E-state index contributed by atoms with van der Waals surface area (Å²) in [6.45, 7) is 3.42. The van der Waals surface area contributed by atoms with E-state index in [4.69, 9.17) is 9.72 Å². The molecule has 4 aliphatic heterocycles. The van der Waals surface area contributed by atoms with Crippen LogP contribution in [-0.4, -0.2) is 76.3 Å². The topological polar surface area (TPSA) is 83.5 Å². The van der Waals surface area contributed by atoms with Gasteiger partial charge >= 0.3 is 6.01 Å². The van der Waals surface area contributed by atoms with Crippen molar-refractivity contribution in [1.82, 2.24) is 25.2 Å². The number of carbonyl (C=O) groups is 1. The number of β-lactam (4-membered cyclic amide) rings is 1. The number of pyridine rings is 1. The number of anilines is 1. The maximum atomic E-state index is 16.8. The van der Waals surface area contributed by atoms with Crippen molar-refractivity contribution in [3.63, 3.8) is 0 Å². The number of halogens is 2. The third-order valence-corrected chi connectivity index (χ3v) is 10.3. The SMILES string of the molecule is O=C1CC2(CCCN(c3nc(OCC45CCCN4CCC5)nc4c(F)c(-c5cccc6cccc(CCF)c56)ncc34)C2)N1. The zero-order valence-corrected chi connectivity index (χ0v) is 24.7. The summed E-state index contributed by atoms with van der Waals surface area (Å²) < 4.78 is 36.7. The highest BCUT2D eigenvalue weighted by Crippen LogP contribution is 2.41. The maximum Gasteiger partial charge on any atom is 0.319 e. The monoisotopic (exact) mass is 598 g/mol. The Morgan fingerprint density at radius 1 is 1.00 bits per heavy atom. The quantitative estimate of drug-likeness (QED) is 0.287. The number of benzene rings is 2. The van der Waals surface area contributed by atoms with Crippen LogP contribution in [0.1, 0.15) is 50.5 Å². The number of rotatable bonds is 7. The van der Waals surface area contributed by atoms with E-state index in [9.17, 15) is 9.18 Å². The van der Waals surface area contributed by atoms with Crippen LogP contribution in [0.15, 0.2) is 42.6 Å². The molecule has 1 unspecified atom stereocenters. The van der Waals surface area contributed by atoms with Gasteiger partial charge in [-0.15, -0.1) is 0 Å². The van der Waals surface area contributed by atoms with E-state index in [0.717, 1.165) is 74.5 Å². The van der Waals surface area contributed by atoms with Crippen LogP contribution >= 0.6 is 0 Å². The molecule has 0 aliphatic carbocycles. The third-order valence-electron chi connectivity index (χ3n) is 10.3. The Hall–Kier alpha value is -3.92. The van der Waals surface area contributed by atoms with E-state index in [1.54, 1.807) is 6.20 Å². The average molecular weight is 599 g/mol. The van der Waals surface area contributed by atoms with Crippen molar-refractivity contribution in [3.05, 3.63) is 54.0 Å². The van der Waals surface area contributed by atoms with Crippen LogP contribution in [0.3, 0.4) is 0 Å². The molecule has 0 saturated carbocycles. The molecule has 228 valence electrons. The summed E-state index contributed by atoms with van der Waals surface area (Å²) in [5.74, 6) is 0.0788. The highest BCUT2D eigenvalue weighted by Gasteiger charge is 2.47. The van der Waals surface area contributed by atoms with Crippen molar-refractivity contribution >= 4 is 33.4 Å². The smallest absolute Gasteiger partial charge is 0.319 e. The number of alkyl halides is 1. The molecule has 10 heteroatoms. The van der Waals surface area contributed by atoms with Crippen LogP contribution in [0.4, 0.5) is 14.6 Å². The Labute approximate surface area is 254 Å². The van der Waals surface area contributed by atoms with Gasteiger partial charge in [0.1, 0.15) is 23.6 Å². The Bertz CT molecular complexity index is 1760. The number of nitrogens with one attached hydrogen (secondary N) is 1. The lowest BCUT2D eigenvalue weighted by atomic mass is 9.80. The lowest BCUT2D eigenvalue weighted by Crippen LogP contribution is -2.68. The number of hydrogen-bond donors (Lipinski definition) is 1. The van der Waals surface area contributed by atoms with E-state index in [-0.39, 0.29) is 40.6 Å². The number of nitrogens with zero attached hydrogens (tertiary/aromatic N) is 5. The third kappa shape index (κ3) is 4.48. The summed E-state index contributed by atoms with van der Waals surface area (Å²) in [5, 5.41) is 5.31. The molecule has 1 N–H and O–H groups in total. The van der Waals surface area contributed by atoms with E-state index in [1.165, 1.54) is 0 Å². The van der Waals surface area contributed by atoms with Gasteiger partial charge in [0, 0.05) is 31.3 Å². The number of fused-ring (bicyclic) bond motifs is 3. The van der Waals surface area contributed by atoms with E-state index in [2.05, 4.69) is 25.1 Å². The van der Waals surface area contributed by atoms with Crippen molar-refractivity contribution in [2.24, 2.45) is 0 Å². The molecular formula is C34H36F2N6O2. The number of piperidine rings is 1. The van der Waals surface area contributed by atoms with Gasteiger partial charge in [0.15, 0.2) is 5.82 Å². The molecule has 8 nitrogen and oxygen atoms in total. The molecular weight excluding hydrogens is 562 g/mol. The summed E-state index contributed by atoms with van der Waals surface area (Å²) in [7, 11) is 0. The van der Waals surface area contributed by atoms with Crippen LogP contribution in [0, 0.1) is 5.82 Å². The molecule has 4 fully saturated rings. The molecule has 1 atom stereocenters. The van der Waals surface area contributed by atoms with Gasteiger partial charge in [-0.3, -0.25) is 19.1 Å². The molecule has 8 rings (SSSR count). The fourth-order valence-electron chi connectivity index (χ4n) is 8.24. The molecule has 4 aliphatic rings. The molecule has 4 aromatic rings. The normalized spacial score (nSPS) is 22.9. The zero-order valence-electron chi connectivity index (χ0n) is 24.7. The first-order valence-corrected chi connectivity index (χ1v) is 15.8. The number of ether oxygens (including phenoxy) is 1. The van der Waals surface area contributed by atoms with Gasteiger partial charge in [0.25, 0.3) is 0 Å². The first-order valence-electron chi connectivity index (χ1n) is 15.8. The van der Waals surface area contributed by atoms with E-state index in [0.29, 0.717) is 36.3 Å². The van der Waals surface area contributed by atoms with Crippen LogP contribution < -0.4 is 15.0 Å². The Balaban J connectivity index is 1.25. The van der Waals surface area contributed by atoms with Gasteiger partial charge in [-0.25, -0.2) is 4.39 Å². The average Bonchev–Trinajstić information content (AvgIpc) is 3.60. The van der Waals surface area contributed by atoms with Crippen molar-refractivity contribution in [1.29, 1.82) is 0 Å². The minimum absolute atomic E-state index is 0.0123. The summed E-state index contributed by atoms with van der Waals surface area (Å²) in [6, 6.07) is 11.5. The van der Waals surface area contributed by atoms with Crippen molar-refractivity contribution < 1.29 is 18.3 Å². The van der Waals surface area contributed by atoms with Gasteiger partial charge in [-0.1, -0.05) is 36.4 Å². The fourth-order valence-corrected chi connectivity index (χ4v) is 8.24. The Morgan fingerprint density at radius 2 is 1.77 bits per heavy atom. The minimum Gasteiger partial charge on any atom is -0.461 e. The molecule has 1 spiro atoms. The lowest BCUT2D eigenvalue weighted by Gasteiger charge is -2.49. The van der Waals surface area contributed by atoms with Crippen LogP contribution in [-0.2, 0) is 11.2 Å². The standard InChI is InChI=1S/C34H36F2N6O2/c35-14-10-23-7-1-6-22-8-2-9-24(27(22)23)29-28(36)30-25(19-37-29)31(41-15-3-11-33(20-41)18-26(43)40-33)39-32(38-30)44-21-34-12-4-16-42(34)17-5-13-34/h1-2,6-9,19H,3-5,10-18,20-21H2,(H,40,43). The first-order chi connectivity index (χ1) is 21.5. The second kappa shape index (κ2) is 10.6. The summed E-state index contributed by atoms with van der Waals surface area (Å²) in [6.07, 6.45) is 8.59. The fraction of sp³-hybridized carbons (Fsp3) is 0.471. The van der Waals surface area contributed by atoms with Gasteiger partial charge in [0.2, 0.25) is 5.91 Å². The summed E-state index contributed by atoms with van der Waals surface area (Å²) in [4.78, 5) is 30.8. The number of amides is 1. The van der Waals surface area contributed by atoms with E-state index < -0.39 is 12.5 Å². The number of hydrogen-bond acceptors (Lipinski definition) is 7. The van der Waals surface area contributed by atoms with Gasteiger partial charge in [0.05, 0.1) is 29.6 Å². The van der Waals surface area contributed by atoms with E-state index in [1.807, 2.05) is 36.4 Å². The molecule has 0 bridgehead atoms. The van der Waals surface area contributed by atoms with Crippen LogP contribution in [0.25, 0.3) is 32.9 Å². The van der Waals surface area contributed by atoms with Crippen molar-refractivity contribution in [2.45, 2.75) is 62.4 Å². The van der Waals surface area contributed by atoms with Crippen LogP contribution in [0.2, 0.25) is 0 Å². The molecule has 2 aromatic carbocycles. The number of aryl methyl sites for hydroxylation is 1. The Kier molecular flexibility index (Phi) is 6.66. The minimum atomic E-state index is -0.552. The highest BCUT2D eigenvalue weighted by molar-refractivity contribution is 6.00. The second-order valence-electron chi connectivity index (χ2n) is 13.0. The van der Waals surface area contributed by atoms with Crippen molar-refractivity contribution in [2.75, 3.05) is 44.4 Å². The van der Waals surface area contributed by atoms with Gasteiger partial charge in [-0.2, -0.15) is 9.97 Å². The molecule has 0 radical (unpaired) electrons. The largest absolute Gasteiger partial charge is 0.461 e. The molecule has 44 heavy (non-hydrogen) atoms. The number of carbonyl (C=O) groups excluding carboxylic acids is 1. The van der Waals surface area contributed by atoms with E-state index >= 15 is 4.39 Å². The molecule has 6 heterocycles. The first kappa shape index (κ1) is 27.6. The van der Waals surface area contributed by atoms with Crippen molar-refractivity contribution in [3.8, 4) is 17.3 Å². The van der Waals surface area contributed by atoms with Gasteiger partial charge in [-0.05, 0) is 68.0 Å². The van der Waals surface area contributed by atoms with Gasteiger partial charge < -0.3 is 15.0 Å². The molecule has 2 aromatic heterocycles. The lowest BCUT2D eigenvalue weighted by molar-refractivity contribution is -0.133. The number of aromatic nitrogens is 3. The Morgan fingerprint density at radius 3 is 2.55 bits per heavy atom. The second-order valence-corrected chi connectivity index (χ2v) is 13.0. The summed E-state index contributed by atoms with van der Waals surface area (Å²) >= 11 is 0.